The SMILES string of the molecule is C[C@H](NC(=O)CCOCCOCCOCCNC(=O)CCCN1C(=O)C=CC1=O)C(=O)N[C@@H](C)C(=O)ON1C(=O)CCC1=O. The Bertz CT molecular complexity index is 1080. The quantitative estimate of drug-likeness (QED) is 0.0921. The number of hydrogen-bond donors (Lipinski definition) is 3. The molecule has 2 atom stereocenters. The van der Waals surface area contributed by atoms with E-state index >= 15 is 0 Å². The molecule has 2 heterocycles. The summed E-state index contributed by atoms with van der Waals surface area (Å²) in [5.41, 5.74) is 0. The van der Waals surface area contributed by atoms with Crippen molar-refractivity contribution in [3.63, 3.8) is 0 Å². The van der Waals surface area contributed by atoms with E-state index in [1.54, 1.807) is 0 Å². The molecule has 17 heteroatoms. The van der Waals surface area contributed by atoms with Crippen LogP contribution in [0.3, 0.4) is 0 Å². The van der Waals surface area contributed by atoms with Gasteiger partial charge in [0, 0.05) is 50.9 Å². The summed E-state index contributed by atoms with van der Waals surface area (Å²) in [7, 11) is 0. The number of hydrogen-bond acceptors (Lipinski definition) is 12. The molecule has 0 radical (unpaired) electrons. The minimum atomic E-state index is -1.17. The van der Waals surface area contributed by atoms with Crippen LogP contribution in [0.4, 0.5) is 0 Å². The van der Waals surface area contributed by atoms with Gasteiger partial charge in [0.1, 0.15) is 12.1 Å². The van der Waals surface area contributed by atoms with Gasteiger partial charge in [-0.1, -0.05) is 0 Å². The lowest BCUT2D eigenvalue weighted by molar-refractivity contribution is -0.198. The molecule has 2 rings (SSSR count). The Kier molecular flexibility index (Phi) is 15.6. The predicted octanol–water partition coefficient (Wildman–Crippen LogP) is -2.14. The number of carbonyl (C=O) groups is 8. The zero-order valence-electron chi connectivity index (χ0n) is 24.8. The summed E-state index contributed by atoms with van der Waals surface area (Å²) in [5.74, 6) is -4.33. The van der Waals surface area contributed by atoms with Gasteiger partial charge in [-0.2, -0.15) is 0 Å². The maximum atomic E-state index is 12.3. The molecule has 244 valence electrons. The molecule has 0 saturated carbocycles. The zero-order chi connectivity index (χ0) is 32.5. The van der Waals surface area contributed by atoms with Gasteiger partial charge in [-0.3, -0.25) is 38.5 Å². The first-order valence-electron chi connectivity index (χ1n) is 14.2. The van der Waals surface area contributed by atoms with Crippen molar-refractivity contribution < 1.29 is 57.4 Å². The van der Waals surface area contributed by atoms with Crippen molar-refractivity contribution in [2.45, 2.75) is 58.0 Å². The van der Waals surface area contributed by atoms with E-state index in [0.717, 1.165) is 4.90 Å². The molecule has 17 nitrogen and oxygen atoms in total. The first-order valence-corrected chi connectivity index (χ1v) is 14.2. The van der Waals surface area contributed by atoms with Gasteiger partial charge in [-0.15, -0.1) is 5.06 Å². The average molecular weight is 626 g/mol. The fraction of sp³-hybridized carbons (Fsp3) is 0.630. The number of hydroxylamine groups is 2. The number of nitrogens with one attached hydrogen (secondary N) is 3. The van der Waals surface area contributed by atoms with E-state index in [1.807, 2.05) is 0 Å². The summed E-state index contributed by atoms with van der Waals surface area (Å²) in [6.07, 6.45) is 2.84. The molecule has 0 spiro atoms. The molecule has 0 bridgehead atoms. The van der Waals surface area contributed by atoms with Gasteiger partial charge >= 0.3 is 5.97 Å². The van der Waals surface area contributed by atoms with Gasteiger partial charge in [0.15, 0.2) is 0 Å². The maximum absolute atomic E-state index is 12.3. The zero-order valence-corrected chi connectivity index (χ0v) is 24.8. The number of amides is 7. The number of imide groups is 2. The van der Waals surface area contributed by atoms with Crippen molar-refractivity contribution in [2.75, 3.05) is 52.7 Å². The standard InChI is InChI=1S/C27H39N5O12/c1-18(26(39)30-19(2)27(40)44-32-24(37)7-8-25(32)38)29-21(34)9-12-41-14-16-43-17-15-42-13-10-28-20(33)4-3-11-31-22(35)5-6-23(31)36/h5-6,18-19H,3-4,7-17H2,1-2H3,(H,28,33)(H,29,34)(H,30,39)/t18-,19-/m0/s1. The normalized spacial score (nSPS) is 15.9. The third-order valence-electron chi connectivity index (χ3n) is 6.14. The largest absolute Gasteiger partial charge is 0.379 e. The van der Waals surface area contributed by atoms with Crippen LogP contribution >= 0.6 is 0 Å². The maximum Gasteiger partial charge on any atom is 0.354 e. The topological polar surface area (TPSA) is 216 Å². The Morgan fingerprint density at radius 1 is 0.750 bits per heavy atom. The van der Waals surface area contributed by atoms with Crippen LogP contribution in [0.25, 0.3) is 0 Å². The molecule has 0 aliphatic carbocycles. The fourth-order valence-electron chi connectivity index (χ4n) is 3.71. The summed E-state index contributed by atoms with van der Waals surface area (Å²) in [6, 6.07) is -2.14. The molecular weight excluding hydrogens is 586 g/mol. The fourth-order valence-corrected chi connectivity index (χ4v) is 3.71. The molecule has 2 aliphatic rings. The van der Waals surface area contributed by atoms with Crippen molar-refractivity contribution >= 4 is 47.3 Å². The van der Waals surface area contributed by atoms with Crippen molar-refractivity contribution in [2.24, 2.45) is 0 Å². The van der Waals surface area contributed by atoms with Gasteiger partial charge in [0.25, 0.3) is 23.6 Å². The Morgan fingerprint density at radius 2 is 1.32 bits per heavy atom. The van der Waals surface area contributed by atoms with E-state index in [-0.39, 0.29) is 76.4 Å². The van der Waals surface area contributed by atoms with Gasteiger partial charge in [-0.05, 0) is 20.3 Å². The highest BCUT2D eigenvalue weighted by Gasteiger charge is 2.34. The molecule has 3 N–H and O–H groups in total. The molecule has 1 fully saturated rings. The minimum absolute atomic E-state index is 0.0189. The van der Waals surface area contributed by atoms with E-state index in [9.17, 15) is 38.4 Å². The van der Waals surface area contributed by atoms with Crippen LogP contribution in [-0.2, 0) is 57.4 Å². The first kappa shape index (κ1) is 36.0. The lowest BCUT2D eigenvalue weighted by Crippen LogP contribution is -2.50. The van der Waals surface area contributed by atoms with E-state index < -0.39 is 41.7 Å². The second kappa shape index (κ2) is 19.1. The van der Waals surface area contributed by atoms with Crippen LogP contribution in [-0.4, -0.2) is 122 Å². The number of rotatable bonds is 21. The first-order chi connectivity index (χ1) is 21.0. The number of carbonyl (C=O) groups excluding carboxylic acids is 8. The minimum Gasteiger partial charge on any atom is -0.379 e. The molecule has 0 unspecified atom stereocenters. The third-order valence-corrected chi connectivity index (χ3v) is 6.14. The second-order valence-electron chi connectivity index (χ2n) is 9.71. The number of ether oxygens (including phenoxy) is 3. The van der Waals surface area contributed by atoms with Gasteiger partial charge in [0.2, 0.25) is 17.7 Å². The van der Waals surface area contributed by atoms with E-state index in [2.05, 4.69) is 16.0 Å². The highest BCUT2D eigenvalue weighted by Crippen LogP contribution is 2.12. The van der Waals surface area contributed by atoms with Gasteiger partial charge < -0.3 is 35.0 Å². The predicted molar refractivity (Wildman–Crippen MR) is 148 cm³/mol. The molecule has 7 amide bonds. The molecular formula is C27H39N5O12. The highest BCUT2D eigenvalue weighted by molar-refractivity contribution is 6.12. The Labute approximate surface area is 253 Å². The lowest BCUT2D eigenvalue weighted by atomic mass is 10.2. The summed E-state index contributed by atoms with van der Waals surface area (Å²) in [4.78, 5) is 100.0. The molecule has 1 saturated heterocycles. The second-order valence-corrected chi connectivity index (χ2v) is 9.71. The van der Waals surface area contributed by atoms with Crippen molar-refractivity contribution in [3.8, 4) is 0 Å². The Hall–Kier alpha value is -4.22. The smallest absolute Gasteiger partial charge is 0.354 e. The van der Waals surface area contributed by atoms with Crippen LogP contribution in [0.2, 0.25) is 0 Å². The molecule has 0 aromatic carbocycles. The Balaban J connectivity index is 1.39. The van der Waals surface area contributed by atoms with Crippen LogP contribution in [0.15, 0.2) is 12.2 Å². The summed E-state index contributed by atoms with van der Waals surface area (Å²) in [6.45, 7) is 4.70. The Morgan fingerprint density at radius 3 is 1.93 bits per heavy atom. The third kappa shape index (κ3) is 13.0. The van der Waals surface area contributed by atoms with E-state index in [4.69, 9.17) is 19.0 Å². The van der Waals surface area contributed by atoms with E-state index in [1.165, 1.54) is 26.0 Å². The highest BCUT2D eigenvalue weighted by atomic mass is 16.7. The van der Waals surface area contributed by atoms with Crippen molar-refractivity contribution in [1.29, 1.82) is 0 Å². The van der Waals surface area contributed by atoms with Crippen LogP contribution in [0.1, 0.15) is 46.0 Å². The van der Waals surface area contributed by atoms with E-state index in [0.29, 0.717) is 31.2 Å². The molecule has 0 aromatic rings. The summed E-state index contributed by atoms with van der Waals surface area (Å²) in [5, 5.41) is 7.89. The van der Waals surface area contributed by atoms with Crippen LogP contribution in [0.5, 0.6) is 0 Å². The monoisotopic (exact) mass is 625 g/mol. The van der Waals surface area contributed by atoms with Crippen molar-refractivity contribution in [3.05, 3.63) is 12.2 Å². The molecule has 0 aromatic heterocycles. The average Bonchev–Trinajstić information content (AvgIpc) is 3.47. The van der Waals surface area contributed by atoms with Crippen LogP contribution < -0.4 is 16.0 Å². The van der Waals surface area contributed by atoms with Crippen LogP contribution in [0, 0.1) is 0 Å². The summed E-state index contributed by atoms with van der Waals surface area (Å²) >= 11 is 0. The van der Waals surface area contributed by atoms with Gasteiger partial charge in [-0.25, -0.2) is 4.79 Å². The lowest BCUT2D eigenvalue weighted by Gasteiger charge is -2.19. The summed E-state index contributed by atoms with van der Waals surface area (Å²) < 4.78 is 16.1. The van der Waals surface area contributed by atoms with Crippen molar-refractivity contribution in [1.82, 2.24) is 25.9 Å². The van der Waals surface area contributed by atoms with Gasteiger partial charge in [0.05, 0.1) is 39.6 Å². The molecule has 2 aliphatic heterocycles. The number of nitrogens with zero attached hydrogens (tertiary/aromatic N) is 2. The molecule has 44 heavy (non-hydrogen) atoms.